The van der Waals surface area contributed by atoms with Gasteiger partial charge >= 0.3 is 0 Å². The van der Waals surface area contributed by atoms with Gasteiger partial charge in [0.1, 0.15) is 5.60 Å². The van der Waals surface area contributed by atoms with Gasteiger partial charge in [-0.25, -0.2) is 0 Å². The maximum absolute atomic E-state index is 12.8. The van der Waals surface area contributed by atoms with Crippen LogP contribution in [0.3, 0.4) is 0 Å². The van der Waals surface area contributed by atoms with E-state index in [9.17, 15) is 9.90 Å². The molecule has 0 radical (unpaired) electrons. The number of hydrogen-bond acceptors (Lipinski definition) is 5. The first kappa shape index (κ1) is 19.6. The number of β-amino-alcohol motifs (C(OH)–C–C–N with tert-alkyl or cyclic N) is 1. The van der Waals surface area contributed by atoms with Gasteiger partial charge in [0.2, 0.25) is 0 Å². The molecule has 1 saturated heterocycles. The monoisotopic (exact) mass is 427 g/mol. The summed E-state index contributed by atoms with van der Waals surface area (Å²) in [6.45, 7) is 0.611. The first-order chi connectivity index (χ1) is 15.1. The van der Waals surface area contributed by atoms with E-state index < -0.39 is 5.60 Å². The van der Waals surface area contributed by atoms with Crippen molar-refractivity contribution >= 4 is 34.4 Å². The number of anilines is 1. The fourth-order valence-corrected chi connectivity index (χ4v) is 4.57. The van der Waals surface area contributed by atoms with Crippen LogP contribution >= 0.6 is 11.9 Å². The molecule has 154 valence electrons. The molecule has 0 unspecified atom stereocenters. The number of benzene rings is 3. The number of carbonyl (C=O) groups excluding carboxylic acids is 1. The molecule has 1 aromatic heterocycles. The van der Waals surface area contributed by atoms with Gasteiger partial charge in [-0.2, -0.15) is 0 Å². The maximum Gasteiger partial charge on any atom is 0.254 e. The summed E-state index contributed by atoms with van der Waals surface area (Å²) in [6.07, 6.45) is 1.79. The van der Waals surface area contributed by atoms with Crippen LogP contribution in [0.25, 0.3) is 10.9 Å². The molecule has 5 nitrogen and oxygen atoms in total. The van der Waals surface area contributed by atoms with Crippen LogP contribution in [-0.4, -0.2) is 34.0 Å². The predicted octanol–water partition coefficient (Wildman–Crippen LogP) is 4.70. The Morgan fingerprint density at radius 3 is 2.45 bits per heavy atom. The van der Waals surface area contributed by atoms with Crippen molar-refractivity contribution in [3.8, 4) is 0 Å². The molecule has 0 aliphatic carbocycles. The SMILES string of the molecule is O=C(c1ccc(NSc2cccc3cccnc23)cc1)N1CC(O)(c2ccccc2)C1. The van der Waals surface area contributed by atoms with Crippen molar-refractivity contribution in [3.05, 3.63) is 102 Å². The molecule has 2 heterocycles. The quantitative estimate of drug-likeness (QED) is 0.452. The average Bonchev–Trinajstić information content (AvgIpc) is 2.81. The van der Waals surface area contributed by atoms with Crippen LogP contribution < -0.4 is 4.72 Å². The molecule has 0 atom stereocenters. The van der Waals surface area contributed by atoms with Crippen LogP contribution in [0.2, 0.25) is 0 Å². The number of pyridine rings is 1. The molecule has 1 fully saturated rings. The van der Waals surface area contributed by atoms with Gasteiger partial charge in [-0.3, -0.25) is 9.78 Å². The van der Waals surface area contributed by atoms with Crippen LogP contribution in [0.15, 0.2) is 96.0 Å². The van der Waals surface area contributed by atoms with E-state index in [4.69, 9.17) is 0 Å². The molecular weight excluding hydrogens is 406 g/mol. The Labute approximate surface area is 184 Å². The number of hydrogen-bond donors (Lipinski definition) is 2. The lowest BCUT2D eigenvalue weighted by Crippen LogP contribution is -2.61. The highest BCUT2D eigenvalue weighted by Gasteiger charge is 2.44. The lowest BCUT2D eigenvalue weighted by atomic mass is 9.85. The highest BCUT2D eigenvalue weighted by molar-refractivity contribution is 8.00. The molecule has 1 aliphatic heterocycles. The Morgan fingerprint density at radius 1 is 0.935 bits per heavy atom. The fourth-order valence-electron chi connectivity index (χ4n) is 3.80. The summed E-state index contributed by atoms with van der Waals surface area (Å²) in [7, 11) is 0. The largest absolute Gasteiger partial charge is 0.381 e. The van der Waals surface area contributed by atoms with Crippen LogP contribution in [0.1, 0.15) is 15.9 Å². The highest BCUT2D eigenvalue weighted by Crippen LogP contribution is 2.33. The standard InChI is InChI=1S/C25H21N3O2S/c29-24(28-16-25(30,17-28)20-8-2-1-3-9-20)19-11-13-21(14-12-19)27-31-22-10-4-6-18-7-5-15-26-23(18)22/h1-15,27,30H,16-17H2. The Kier molecular flexibility index (Phi) is 5.10. The van der Waals surface area contributed by atoms with E-state index >= 15 is 0 Å². The number of likely N-dealkylation sites (tertiary alicyclic amines) is 1. The Morgan fingerprint density at radius 2 is 1.68 bits per heavy atom. The maximum atomic E-state index is 12.8. The minimum absolute atomic E-state index is 0.0712. The number of nitrogens with zero attached hydrogens (tertiary/aromatic N) is 2. The number of carbonyl (C=O) groups is 1. The summed E-state index contributed by atoms with van der Waals surface area (Å²) in [5.74, 6) is -0.0712. The van der Waals surface area contributed by atoms with Gasteiger partial charge in [0.15, 0.2) is 0 Å². The zero-order chi connectivity index (χ0) is 21.3. The molecule has 31 heavy (non-hydrogen) atoms. The van der Waals surface area contributed by atoms with Crippen LogP contribution in [0.5, 0.6) is 0 Å². The van der Waals surface area contributed by atoms with E-state index in [0.717, 1.165) is 27.0 Å². The van der Waals surface area contributed by atoms with Gasteiger partial charge in [0.25, 0.3) is 5.91 Å². The summed E-state index contributed by atoms with van der Waals surface area (Å²) in [4.78, 5) is 19.9. The van der Waals surface area contributed by atoms with Gasteiger partial charge in [-0.1, -0.05) is 48.5 Å². The number of rotatable bonds is 5. The molecule has 0 spiro atoms. The Balaban J connectivity index is 1.22. The minimum atomic E-state index is -0.957. The smallest absolute Gasteiger partial charge is 0.254 e. The summed E-state index contributed by atoms with van der Waals surface area (Å²) >= 11 is 1.50. The molecule has 0 saturated carbocycles. The number of fused-ring (bicyclic) bond motifs is 1. The van der Waals surface area contributed by atoms with Crippen molar-refractivity contribution < 1.29 is 9.90 Å². The van der Waals surface area contributed by atoms with Crippen molar-refractivity contribution in [2.45, 2.75) is 10.5 Å². The lowest BCUT2D eigenvalue weighted by Gasteiger charge is -2.46. The van der Waals surface area contributed by atoms with Crippen molar-refractivity contribution in [2.24, 2.45) is 0 Å². The normalized spacial score (nSPS) is 14.8. The molecular formula is C25H21N3O2S. The molecule has 1 amide bonds. The third-order valence-electron chi connectivity index (χ3n) is 5.51. The molecule has 1 aliphatic rings. The first-order valence-corrected chi connectivity index (χ1v) is 10.9. The van der Waals surface area contributed by atoms with E-state index in [2.05, 4.69) is 9.71 Å². The average molecular weight is 428 g/mol. The zero-order valence-electron chi connectivity index (χ0n) is 16.7. The fraction of sp³-hybridized carbons (Fsp3) is 0.120. The summed E-state index contributed by atoms with van der Waals surface area (Å²) < 4.78 is 3.32. The Hall–Kier alpha value is -3.35. The molecule has 2 N–H and O–H groups in total. The first-order valence-electron chi connectivity index (χ1n) is 10.1. The summed E-state index contributed by atoms with van der Waals surface area (Å²) in [5, 5.41) is 11.8. The van der Waals surface area contributed by atoms with Crippen molar-refractivity contribution in [3.63, 3.8) is 0 Å². The van der Waals surface area contributed by atoms with Crippen LogP contribution in [-0.2, 0) is 5.60 Å². The zero-order valence-corrected chi connectivity index (χ0v) is 17.5. The summed E-state index contributed by atoms with van der Waals surface area (Å²) in [6, 6.07) is 27.0. The van der Waals surface area contributed by atoms with Gasteiger partial charge in [-0.05, 0) is 53.9 Å². The number of aliphatic hydroxyl groups is 1. The van der Waals surface area contributed by atoms with E-state index in [1.165, 1.54) is 11.9 Å². The van der Waals surface area contributed by atoms with Crippen LogP contribution in [0.4, 0.5) is 5.69 Å². The van der Waals surface area contributed by atoms with E-state index in [-0.39, 0.29) is 5.91 Å². The second kappa shape index (κ2) is 8.06. The molecule has 4 aromatic rings. The second-order valence-corrected chi connectivity index (χ2v) is 8.52. The van der Waals surface area contributed by atoms with Gasteiger partial charge < -0.3 is 14.7 Å². The number of amides is 1. The summed E-state index contributed by atoms with van der Waals surface area (Å²) in [5.41, 5.74) is 2.36. The topological polar surface area (TPSA) is 65.5 Å². The predicted molar refractivity (Wildman–Crippen MR) is 124 cm³/mol. The van der Waals surface area contributed by atoms with E-state index in [1.54, 1.807) is 11.1 Å². The minimum Gasteiger partial charge on any atom is -0.381 e. The van der Waals surface area contributed by atoms with Crippen molar-refractivity contribution in [2.75, 3.05) is 17.8 Å². The molecule has 3 aromatic carbocycles. The molecule has 0 bridgehead atoms. The Bertz CT molecular complexity index is 1220. The highest BCUT2D eigenvalue weighted by atomic mass is 32.2. The van der Waals surface area contributed by atoms with Gasteiger partial charge in [0.05, 0.1) is 23.5 Å². The van der Waals surface area contributed by atoms with Crippen molar-refractivity contribution in [1.29, 1.82) is 0 Å². The number of nitrogens with one attached hydrogen (secondary N) is 1. The molecule has 5 rings (SSSR count). The van der Waals surface area contributed by atoms with E-state index in [1.807, 2.05) is 84.9 Å². The van der Waals surface area contributed by atoms with E-state index in [0.29, 0.717) is 18.7 Å². The van der Waals surface area contributed by atoms with Gasteiger partial charge in [-0.15, -0.1) is 0 Å². The second-order valence-electron chi connectivity index (χ2n) is 7.67. The lowest BCUT2D eigenvalue weighted by molar-refractivity contribution is -0.0863. The third-order valence-corrected chi connectivity index (χ3v) is 6.40. The van der Waals surface area contributed by atoms with Crippen LogP contribution in [0, 0.1) is 0 Å². The molecule has 6 heteroatoms. The van der Waals surface area contributed by atoms with Crippen molar-refractivity contribution in [1.82, 2.24) is 9.88 Å². The third kappa shape index (κ3) is 3.87. The number of aromatic nitrogens is 1. The van der Waals surface area contributed by atoms with Gasteiger partial charge in [0, 0.05) is 22.8 Å². The number of para-hydroxylation sites is 1.